The van der Waals surface area contributed by atoms with E-state index in [2.05, 4.69) is 21.2 Å². The summed E-state index contributed by atoms with van der Waals surface area (Å²) in [7, 11) is 1.70. The number of nitrogens with zero attached hydrogens (tertiary/aromatic N) is 1. The number of benzene rings is 3. The Kier molecular flexibility index (Phi) is 7.19. The van der Waals surface area contributed by atoms with Gasteiger partial charge in [0.25, 0.3) is 11.8 Å². The van der Waals surface area contributed by atoms with Gasteiger partial charge in [-0.1, -0.05) is 52.3 Å². The molecule has 0 heterocycles. The lowest BCUT2D eigenvalue weighted by Crippen LogP contribution is -2.27. The van der Waals surface area contributed by atoms with E-state index in [-0.39, 0.29) is 24.0 Å². The van der Waals surface area contributed by atoms with Gasteiger partial charge in [0.05, 0.1) is 11.3 Å². The molecule has 0 bridgehead atoms. The van der Waals surface area contributed by atoms with E-state index in [9.17, 15) is 14.0 Å². The summed E-state index contributed by atoms with van der Waals surface area (Å²) in [6.45, 7) is 0.0727. The molecule has 3 rings (SSSR count). The number of hydrogen-bond donors (Lipinski definition) is 1. The third kappa shape index (κ3) is 5.67. The number of ether oxygens (including phenoxy) is 1. The number of nitrogens with one attached hydrogen (secondary N) is 1. The molecule has 0 aliphatic rings. The molecule has 30 heavy (non-hydrogen) atoms. The summed E-state index contributed by atoms with van der Waals surface area (Å²) in [6.07, 6.45) is 0. The third-order valence-electron chi connectivity index (χ3n) is 4.30. The van der Waals surface area contributed by atoms with E-state index >= 15 is 0 Å². The molecule has 154 valence electrons. The zero-order valence-electron chi connectivity index (χ0n) is 16.3. The first-order valence-electron chi connectivity index (χ1n) is 9.20. The Labute approximate surface area is 182 Å². The van der Waals surface area contributed by atoms with Crippen LogP contribution in [0.4, 0.5) is 10.1 Å². The van der Waals surface area contributed by atoms with Crippen LogP contribution in [0.5, 0.6) is 5.75 Å². The Morgan fingerprint density at radius 2 is 1.67 bits per heavy atom. The molecule has 0 atom stereocenters. The Morgan fingerprint density at radius 3 is 2.40 bits per heavy atom. The summed E-state index contributed by atoms with van der Waals surface area (Å²) in [5, 5.41) is 2.45. The SMILES string of the molecule is CN(Cc1ccc(Br)cc1)C(=O)c1ccccc1OCC(=O)Nc1ccccc1F. The minimum Gasteiger partial charge on any atom is -0.483 e. The van der Waals surface area contributed by atoms with Gasteiger partial charge >= 0.3 is 0 Å². The molecule has 3 aromatic rings. The predicted octanol–water partition coefficient (Wildman–Crippen LogP) is 4.88. The molecule has 3 aromatic carbocycles. The van der Waals surface area contributed by atoms with Crippen molar-refractivity contribution in [3.05, 3.63) is 94.2 Å². The van der Waals surface area contributed by atoms with Crippen LogP contribution in [-0.4, -0.2) is 30.4 Å². The molecule has 0 aliphatic carbocycles. The Bertz CT molecular complexity index is 1040. The van der Waals surface area contributed by atoms with Gasteiger partial charge in [-0.3, -0.25) is 9.59 Å². The number of para-hydroxylation sites is 2. The lowest BCUT2D eigenvalue weighted by atomic mass is 10.1. The lowest BCUT2D eigenvalue weighted by Gasteiger charge is -2.19. The average molecular weight is 471 g/mol. The van der Waals surface area contributed by atoms with Crippen LogP contribution in [0.1, 0.15) is 15.9 Å². The van der Waals surface area contributed by atoms with Crippen molar-refractivity contribution in [2.45, 2.75) is 6.54 Å². The fourth-order valence-corrected chi connectivity index (χ4v) is 3.07. The first-order chi connectivity index (χ1) is 14.4. The quantitative estimate of drug-likeness (QED) is 0.535. The molecular formula is C23H20BrFN2O3. The monoisotopic (exact) mass is 470 g/mol. The summed E-state index contributed by atoms with van der Waals surface area (Å²) >= 11 is 3.39. The number of anilines is 1. The number of carbonyl (C=O) groups excluding carboxylic acids is 2. The van der Waals surface area contributed by atoms with E-state index in [0.29, 0.717) is 12.1 Å². The van der Waals surface area contributed by atoms with Crippen molar-refractivity contribution in [1.29, 1.82) is 0 Å². The summed E-state index contributed by atoms with van der Waals surface area (Å²) in [6, 6.07) is 20.3. The highest BCUT2D eigenvalue weighted by Gasteiger charge is 2.18. The van der Waals surface area contributed by atoms with E-state index in [1.807, 2.05) is 24.3 Å². The Balaban J connectivity index is 1.64. The standard InChI is InChI=1S/C23H20BrFN2O3/c1-27(14-16-10-12-17(24)13-11-16)23(29)18-6-2-5-9-21(18)30-15-22(28)26-20-8-4-3-7-19(20)25/h2-13H,14-15H2,1H3,(H,26,28). The predicted molar refractivity (Wildman–Crippen MR) is 117 cm³/mol. The highest BCUT2D eigenvalue weighted by molar-refractivity contribution is 9.10. The van der Waals surface area contributed by atoms with Gasteiger partial charge in [0.1, 0.15) is 11.6 Å². The van der Waals surface area contributed by atoms with Crippen LogP contribution in [0, 0.1) is 5.82 Å². The van der Waals surface area contributed by atoms with Gasteiger partial charge in [-0.25, -0.2) is 4.39 Å². The molecule has 0 aromatic heterocycles. The van der Waals surface area contributed by atoms with E-state index in [1.165, 1.54) is 18.2 Å². The second-order valence-electron chi connectivity index (χ2n) is 6.60. The molecule has 0 radical (unpaired) electrons. The van der Waals surface area contributed by atoms with Gasteiger partial charge < -0.3 is 15.0 Å². The third-order valence-corrected chi connectivity index (χ3v) is 4.83. The molecule has 0 fully saturated rings. The maximum Gasteiger partial charge on any atom is 0.262 e. The number of amides is 2. The lowest BCUT2D eigenvalue weighted by molar-refractivity contribution is -0.118. The molecule has 2 amide bonds. The van der Waals surface area contributed by atoms with Crippen LogP contribution in [0.3, 0.4) is 0 Å². The number of hydrogen-bond acceptors (Lipinski definition) is 3. The maximum atomic E-state index is 13.7. The zero-order valence-corrected chi connectivity index (χ0v) is 17.9. The van der Waals surface area contributed by atoms with Crippen LogP contribution < -0.4 is 10.1 Å². The van der Waals surface area contributed by atoms with E-state index in [4.69, 9.17) is 4.74 Å². The van der Waals surface area contributed by atoms with E-state index < -0.39 is 11.7 Å². The normalized spacial score (nSPS) is 10.4. The van der Waals surface area contributed by atoms with Crippen LogP contribution in [0.25, 0.3) is 0 Å². The summed E-state index contributed by atoms with van der Waals surface area (Å²) in [5.74, 6) is -1.00. The Morgan fingerprint density at radius 1 is 1.00 bits per heavy atom. The average Bonchev–Trinajstić information content (AvgIpc) is 2.75. The molecule has 0 saturated carbocycles. The minimum atomic E-state index is -0.531. The summed E-state index contributed by atoms with van der Waals surface area (Å²) in [4.78, 5) is 26.6. The second-order valence-corrected chi connectivity index (χ2v) is 7.52. The highest BCUT2D eigenvalue weighted by Crippen LogP contribution is 2.21. The molecule has 1 N–H and O–H groups in total. The van der Waals surface area contributed by atoms with Gasteiger partial charge in [-0.2, -0.15) is 0 Å². The minimum absolute atomic E-state index is 0.0738. The van der Waals surface area contributed by atoms with Crippen molar-refractivity contribution in [2.75, 3.05) is 19.0 Å². The van der Waals surface area contributed by atoms with Crippen molar-refractivity contribution in [3.63, 3.8) is 0 Å². The second kappa shape index (κ2) is 10.0. The zero-order chi connectivity index (χ0) is 21.5. The van der Waals surface area contributed by atoms with E-state index in [0.717, 1.165) is 10.0 Å². The van der Waals surface area contributed by atoms with E-state index in [1.54, 1.807) is 42.3 Å². The van der Waals surface area contributed by atoms with Crippen molar-refractivity contribution in [3.8, 4) is 5.75 Å². The molecule has 0 unspecified atom stereocenters. The van der Waals surface area contributed by atoms with Crippen LogP contribution in [0.15, 0.2) is 77.3 Å². The largest absolute Gasteiger partial charge is 0.483 e. The molecule has 0 aliphatic heterocycles. The molecule has 0 spiro atoms. The van der Waals surface area contributed by atoms with Crippen LogP contribution in [-0.2, 0) is 11.3 Å². The van der Waals surface area contributed by atoms with Crippen molar-refractivity contribution in [2.24, 2.45) is 0 Å². The van der Waals surface area contributed by atoms with Crippen LogP contribution in [0.2, 0.25) is 0 Å². The van der Waals surface area contributed by atoms with Crippen molar-refractivity contribution in [1.82, 2.24) is 4.90 Å². The topological polar surface area (TPSA) is 58.6 Å². The van der Waals surface area contributed by atoms with Crippen LogP contribution >= 0.6 is 15.9 Å². The highest BCUT2D eigenvalue weighted by atomic mass is 79.9. The number of carbonyl (C=O) groups is 2. The molecule has 5 nitrogen and oxygen atoms in total. The van der Waals surface area contributed by atoms with Gasteiger partial charge in [0.2, 0.25) is 0 Å². The summed E-state index contributed by atoms with van der Waals surface area (Å²) in [5.41, 5.74) is 1.40. The maximum absolute atomic E-state index is 13.7. The fourth-order valence-electron chi connectivity index (χ4n) is 2.80. The first kappa shape index (κ1) is 21.5. The van der Waals surface area contributed by atoms with Gasteiger partial charge in [-0.05, 0) is 42.0 Å². The first-order valence-corrected chi connectivity index (χ1v) is 9.99. The van der Waals surface area contributed by atoms with Gasteiger partial charge in [0, 0.05) is 18.1 Å². The smallest absolute Gasteiger partial charge is 0.262 e. The molecule has 0 saturated heterocycles. The fraction of sp³-hybridized carbons (Fsp3) is 0.130. The summed E-state index contributed by atoms with van der Waals surface area (Å²) < 4.78 is 20.2. The van der Waals surface area contributed by atoms with Crippen molar-refractivity contribution < 1.29 is 18.7 Å². The number of halogens is 2. The number of rotatable bonds is 7. The molecule has 7 heteroatoms. The molecular weight excluding hydrogens is 451 g/mol. The van der Waals surface area contributed by atoms with Gasteiger partial charge in [0.15, 0.2) is 6.61 Å². The van der Waals surface area contributed by atoms with Crippen molar-refractivity contribution >= 4 is 33.4 Å². The Hall–Kier alpha value is -3.19. The van der Waals surface area contributed by atoms with Gasteiger partial charge in [-0.15, -0.1) is 0 Å².